The van der Waals surface area contributed by atoms with Gasteiger partial charge in [-0.05, 0) is 153 Å². The summed E-state index contributed by atoms with van der Waals surface area (Å²) in [5, 5.41) is 22.0. The van der Waals surface area contributed by atoms with Gasteiger partial charge in [0.15, 0.2) is 17.2 Å². The van der Waals surface area contributed by atoms with Crippen molar-refractivity contribution in [2.45, 2.75) is 110 Å². The highest BCUT2D eigenvalue weighted by Gasteiger charge is 2.67. The zero-order valence-electron chi connectivity index (χ0n) is 39.6. The van der Waals surface area contributed by atoms with E-state index in [9.17, 15) is 14.4 Å². The van der Waals surface area contributed by atoms with E-state index in [1.54, 1.807) is 17.9 Å². The number of esters is 1. The maximum Gasteiger partial charge on any atom is 0.303 e. The molecule has 0 N–H and O–H groups in total. The molecule has 350 valence electrons. The number of carbonyl (C=O) groups excluding carboxylic acids is 3. The molecule has 8 atom stereocenters. The summed E-state index contributed by atoms with van der Waals surface area (Å²) in [6.07, 6.45) is 19.8. The van der Waals surface area contributed by atoms with Crippen LogP contribution in [0.15, 0.2) is 115 Å². The number of Topliss-reactive ketones (excluding diaryl/α,β-unsaturated/α-hetero) is 1. The Bertz CT molecular complexity index is 2970. The number of ketones is 2. The maximum atomic E-state index is 12.8. The van der Waals surface area contributed by atoms with Crippen molar-refractivity contribution in [1.82, 2.24) is 39.3 Å². The number of rotatable bonds is 6. The fraction of sp³-hybridized carbons (Fsp3) is 0.426. The molecule has 6 aromatic rings. The second-order valence-corrected chi connectivity index (χ2v) is 20.2. The van der Waals surface area contributed by atoms with Crippen molar-refractivity contribution in [3.8, 4) is 6.07 Å². The molecule has 3 aromatic heterocycles. The van der Waals surface area contributed by atoms with Crippen LogP contribution in [0.1, 0.15) is 126 Å². The lowest BCUT2D eigenvalue weighted by Gasteiger charge is -2.58. The second-order valence-electron chi connectivity index (χ2n) is 19.8. The molecule has 5 aliphatic rings. The van der Waals surface area contributed by atoms with E-state index in [0.717, 1.165) is 66.2 Å². The third-order valence-electron chi connectivity index (χ3n) is 16.1. The minimum absolute atomic E-state index is 0.0160. The van der Waals surface area contributed by atoms with Gasteiger partial charge in [0.25, 0.3) is 0 Å². The number of fused-ring (bicyclic) bond motifs is 7. The maximum absolute atomic E-state index is 12.8. The van der Waals surface area contributed by atoms with E-state index in [-0.39, 0.29) is 34.4 Å². The summed E-state index contributed by atoms with van der Waals surface area (Å²) in [7, 11) is 1.88. The molecule has 2 fully saturated rings. The predicted molar refractivity (Wildman–Crippen MR) is 258 cm³/mol. The van der Waals surface area contributed by atoms with Crippen molar-refractivity contribution in [2.24, 2.45) is 35.6 Å². The van der Waals surface area contributed by atoms with E-state index in [1.165, 1.54) is 42.1 Å². The fourth-order valence-corrected chi connectivity index (χ4v) is 12.8. The molecule has 0 bridgehead atoms. The molecular formula is C54H58ClN9O4. The van der Waals surface area contributed by atoms with Gasteiger partial charge in [0.2, 0.25) is 0 Å². The largest absolute Gasteiger partial charge is 0.451 e. The third-order valence-corrected chi connectivity index (χ3v) is 16.3. The first-order chi connectivity index (χ1) is 32.7. The summed E-state index contributed by atoms with van der Waals surface area (Å²) in [4.78, 5) is 45.1. The van der Waals surface area contributed by atoms with Gasteiger partial charge < -0.3 is 9.30 Å². The lowest BCUT2D eigenvalue weighted by atomic mass is 9.47. The van der Waals surface area contributed by atoms with Gasteiger partial charge in [0, 0.05) is 42.7 Å². The highest BCUT2D eigenvalue weighted by atomic mass is 35.5. The molecule has 13 nitrogen and oxygen atoms in total. The summed E-state index contributed by atoms with van der Waals surface area (Å²) in [6, 6.07) is 24.2. The number of imidazole rings is 1. The number of hydrogen-bond acceptors (Lipinski definition) is 10. The van der Waals surface area contributed by atoms with Crippen LogP contribution in [0, 0.1) is 39.9 Å². The van der Waals surface area contributed by atoms with Crippen LogP contribution < -0.4 is 0 Å². The van der Waals surface area contributed by atoms with E-state index in [1.807, 2.05) is 78.9 Å². The van der Waals surface area contributed by atoms with E-state index >= 15 is 0 Å². The molecule has 0 spiro atoms. The third kappa shape index (κ3) is 8.31. The number of aryl methyl sites for hydroxylation is 2. The molecule has 4 aliphatic carbocycles. The normalized spacial score (nSPS) is 27.2. The average molecular weight is 933 g/mol. The Hall–Kier alpha value is -6.52. The van der Waals surface area contributed by atoms with Crippen LogP contribution >= 0.6 is 11.6 Å². The summed E-state index contributed by atoms with van der Waals surface area (Å²) >= 11 is 6.02. The molecule has 0 radical (unpaired) electrons. The van der Waals surface area contributed by atoms with Gasteiger partial charge in [0.1, 0.15) is 24.2 Å². The SMILES string of the molecule is CC(=O)O[C@]1(C(C)=O)CC[C@H]2[C@@H]3C=C(C)C4=CC(=O)CC[C@]4(C)[C@H]3CC[C@@]21C.Cn1nnc2ccc([C@H](c3ccc(Cl)cc3)n3cncn3)cc21.N#Cc1ccc(C2CCCc3cncn32)cc1. The van der Waals surface area contributed by atoms with Crippen molar-refractivity contribution in [3.05, 3.63) is 148 Å². The van der Waals surface area contributed by atoms with Gasteiger partial charge in [-0.2, -0.15) is 10.4 Å². The monoisotopic (exact) mass is 931 g/mol. The number of nitrogens with zero attached hydrogens (tertiary/aromatic N) is 9. The Labute approximate surface area is 402 Å². The Balaban J connectivity index is 0.000000131. The van der Waals surface area contributed by atoms with Gasteiger partial charge in [-0.25, -0.2) is 19.3 Å². The highest BCUT2D eigenvalue weighted by molar-refractivity contribution is 6.30. The Morgan fingerprint density at radius 1 is 0.912 bits per heavy atom. The molecule has 11 rings (SSSR count). The Morgan fingerprint density at radius 2 is 1.66 bits per heavy atom. The molecule has 68 heavy (non-hydrogen) atoms. The van der Waals surface area contributed by atoms with Crippen LogP contribution in [0.25, 0.3) is 11.0 Å². The smallest absolute Gasteiger partial charge is 0.303 e. The van der Waals surface area contributed by atoms with Gasteiger partial charge in [-0.15, -0.1) is 5.10 Å². The molecular weight excluding hydrogens is 874 g/mol. The molecule has 0 amide bonds. The Kier molecular flexibility index (Phi) is 12.7. The van der Waals surface area contributed by atoms with E-state index in [2.05, 4.69) is 81.1 Å². The summed E-state index contributed by atoms with van der Waals surface area (Å²) in [5.41, 5.74) is 8.45. The molecule has 14 heteroatoms. The Morgan fingerprint density at radius 3 is 2.37 bits per heavy atom. The topological polar surface area (TPSA) is 163 Å². The number of ether oxygens (including phenoxy) is 1. The summed E-state index contributed by atoms with van der Waals surface area (Å²) < 4.78 is 11.7. The van der Waals surface area contributed by atoms with E-state index in [0.29, 0.717) is 41.7 Å². The summed E-state index contributed by atoms with van der Waals surface area (Å²) in [5.74, 6) is 1.03. The van der Waals surface area contributed by atoms with E-state index < -0.39 is 5.60 Å². The average Bonchev–Trinajstić information content (AvgIpc) is 4.16. The first-order valence-corrected chi connectivity index (χ1v) is 24.1. The van der Waals surface area contributed by atoms with Crippen molar-refractivity contribution < 1.29 is 19.1 Å². The molecule has 2 saturated carbocycles. The number of benzene rings is 3. The number of allylic oxidation sites excluding steroid dienone is 4. The van der Waals surface area contributed by atoms with Crippen LogP contribution in [0.5, 0.6) is 0 Å². The first-order valence-electron chi connectivity index (χ1n) is 23.7. The fourth-order valence-electron chi connectivity index (χ4n) is 12.7. The highest BCUT2D eigenvalue weighted by Crippen LogP contribution is 2.68. The number of hydrogen-bond donors (Lipinski definition) is 0. The number of nitriles is 1. The van der Waals surface area contributed by atoms with Gasteiger partial charge in [-0.1, -0.05) is 72.6 Å². The van der Waals surface area contributed by atoms with Gasteiger partial charge in [0.05, 0.1) is 29.5 Å². The minimum Gasteiger partial charge on any atom is -0.451 e. The lowest BCUT2D eigenvalue weighted by Crippen LogP contribution is -2.58. The first kappa shape index (κ1) is 46.6. The number of carbonyl (C=O) groups is 3. The van der Waals surface area contributed by atoms with Crippen molar-refractivity contribution >= 4 is 40.2 Å². The van der Waals surface area contributed by atoms with Crippen LogP contribution in [0.2, 0.25) is 5.02 Å². The van der Waals surface area contributed by atoms with Crippen LogP contribution in [-0.2, 0) is 32.6 Å². The molecule has 1 unspecified atom stereocenters. The van der Waals surface area contributed by atoms with Gasteiger partial charge >= 0.3 is 5.97 Å². The van der Waals surface area contributed by atoms with Crippen molar-refractivity contribution in [2.75, 3.05) is 0 Å². The molecule has 4 heterocycles. The van der Waals surface area contributed by atoms with Crippen LogP contribution in [0.4, 0.5) is 0 Å². The van der Waals surface area contributed by atoms with Crippen LogP contribution in [-0.4, -0.2) is 62.4 Å². The molecule has 1 aliphatic heterocycles. The lowest BCUT2D eigenvalue weighted by molar-refractivity contribution is -0.185. The number of halogens is 1. The molecule has 0 saturated heterocycles. The second kappa shape index (κ2) is 18.5. The van der Waals surface area contributed by atoms with E-state index in [4.69, 9.17) is 21.6 Å². The summed E-state index contributed by atoms with van der Waals surface area (Å²) in [6.45, 7) is 9.63. The minimum atomic E-state index is -0.990. The molecule has 3 aromatic carbocycles. The quantitative estimate of drug-likeness (QED) is 0.147. The predicted octanol–water partition coefficient (Wildman–Crippen LogP) is 10.1. The zero-order valence-corrected chi connectivity index (χ0v) is 40.4. The zero-order chi connectivity index (χ0) is 48.0. The number of aromatic nitrogens is 8. The van der Waals surface area contributed by atoms with Crippen LogP contribution in [0.3, 0.4) is 0 Å². The standard InChI is InChI=1S/C24H32O4.C16H13ClN6.C14H13N3/c1-14-12-18-19(22(4)9-6-17(27)13-21(14)22)7-10-23(5)20(18)8-11-24(23,15(2)25)28-16(3)26;1-22-15-8-12(4-7-14(15)20-21-22)16(23-10-18-9-19-23)11-2-5-13(17)6-3-11;15-8-11-4-6-12(7-5-11)14-3-1-2-13-9-16-10-17(13)14/h12-13,18-20H,6-11H2,1-5H3;2-10,16H,1H3;4-7,9-10,14H,1-3H2/t18-,19+,20+,22-,23+,24+;16-;/m10./s1. The van der Waals surface area contributed by atoms with Crippen molar-refractivity contribution in [3.63, 3.8) is 0 Å². The van der Waals surface area contributed by atoms with Crippen molar-refractivity contribution in [1.29, 1.82) is 5.26 Å². The van der Waals surface area contributed by atoms with Gasteiger partial charge in [-0.3, -0.25) is 14.4 Å².